The molecule has 0 aliphatic rings. The van der Waals surface area contributed by atoms with Crippen LogP contribution in [-0.2, 0) is 11.3 Å². The lowest BCUT2D eigenvalue weighted by atomic mass is 10.0. The van der Waals surface area contributed by atoms with Crippen LogP contribution < -0.4 is 15.0 Å². The van der Waals surface area contributed by atoms with Crippen LogP contribution in [0.1, 0.15) is 12.5 Å². The number of nitrogens with one attached hydrogen (secondary N) is 2. The van der Waals surface area contributed by atoms with Gasteiger partial charge in [-0.3, -0.25) is 4.79 Å². The Morgan fingerprint density at radius 2 is 1.70 bits per heavy atom. The molecule has 0 aliphatic carbocycles. The third-order valence-corrected chi connectivity index (χ3v) is 5.18. The van der Waals surface area contributed by atoms with Crippen molar-refractivity contribution >= 4 is 11.6 Å². The zero-order valence-corrected chi connectivity index (χ0v) is 17.6. The summed E-state index contributed by atoms with van der Waals surface area (Å²) in [5.74, 6) is 0.821. The molecule has 4 nitrogen and oxygen atoms in total. The molecule has 0 spiro atoms. The van der Waals surface area contributed by atoms with E-state index in [0.717, 1.165) is 39.6 Å². The molecule has 0 aromatic heterocycles. The molecule has 2 atom stereocenters. The lowest BCUT2D eigenvalue weighted by Crippen LogP contribution is -3.12. The second kappa shape index (κ2) is 10.4. The SMILES string of the molecule is C=CCOc1ccc(C[NH+](C)[C@H](C)C(=O)Nc2ccccc2-c2ccccc2)cc1. The number of amides is 1. The van der Waals surface area contributed by atoms with Gasteiger partial charge in [0.05, 0.1) is 7.05 Å². The summed E-state index contributed by atoms with van der Waals surface area (Å²) >= 11 is 0. The number of carbonyl (C=O) groups is 1. The van der Waals surface area contributed by atoms with E-state index < -0.39 is 0 Å². The molecule has 3 rings (SSSR count). The average molecular weight is 402 g/mol. The Hall–Kier alpha value is -3.37. The molecule has 0 saturated carbocycles. The number of ether oxygens (including phenoxy) is 1. The fourth-order valence-corrected chi connectivity index (χ4v) is 3.26. The van der Waals surface area contributed by atoms with Crippen LogP contribution in [0.4, 0.5) is 5.69 Å². The quantitative estimate of drug-likeness (QED) is 0.533. The highest BCUT2D eigenvalue weighted by Gasteiger charge is 2.23. The van der Waals surface area contributed by atoms with Crippen LogP contribution in [0.15, 0.2) is 91.5 Å². The Morgan fingerprint density at radius 3 is 2.40 bits per heavy atom. The largest absolute Gasteiger partial charge is 0.490 e. The van der Waals surface area contributed by atoms with Crippen LogP contribution in [0.5, 0.6) is 5.75 Å². The molecule has 3 aromatic rings. The van der Waals surface area contributed by atoms with Gasteiger partial charge >= 0.3 is 0 Å². The molecule has 0 bridgehead atoms. The standard InChI is InChI=1S/C26H28N2O2/c1-4-18-30-23-16-14-21(15-17-23)19-28(3)20(2)26(29)27-25-13-9-8-12-24(25)22-10-6-5-7-11-22/h4-17,20H,1,18-19H2,2-3H3,(H,27,29)/p+1/t20-/m1/s1. The molecule has 154 valence electrons. The number of hydrogen-bond donors (Lipinski definition) is 2. The highest BCUT2D eigenvalue weighted by molar-refractivity contribution is 5.97. The molecule has 3 aromatic carbocycles. The normalized spacial score (nSPS) is 12.6. The van der Waals surface area contributed by atoms with Gasteiger partial charge in [-0.25, -0.2) is 0 Å². The first-order chi connectivity index (χ1) is 14.6. The number of benzene rings is 3. The maximum atomic E-state index is 12.9. The van der Waals surface area contributed by atoms with Gasteiger partial charge in [-0.2, -0.15) is 0 Å². The van der Waals surface area contributed by atoms with Crippen LogP contribution in [0.3, 0.4) is 0 Å². The van der Waals surface area contributed by atoms with Gasteiger partial charge in [0.2, 0.25) is 0 Å². The minimum atomic E-state index is -0.203. The summed E-state index contributed by atoms with van der Waals surface area (Å²) in [6.07, 6.45) is 1.72. The van der Waals surface area contributed by atoms with E-state index in [4.69, 9.17) is 4.74 Å². The number of likely N-dealkylation sites (N-methyl/N-ethyl adjacent to an activating group) is 1. The van der Waals surface area contributed by atoms with E-state index in [-0.39, 0.29) is 11.9 Å². The van der Waals surface area contributed by atoms with Crippen molar-refractivity contribution in [3.05, 3.63) is 97.1 Å². The van der Waals surface area contributed by atoms with E-state index in [1.165, 1.54) is 0 Å². The highest BCUT2D eigenvalue weighted by Crippen LogP contribution is 2.27. The van der Waals surface area contributed by atoms with Crippen molar-refractivity contribution in [2.24, 2.45) is 0 Å². The predicted molar refractivity (Wildman–Crippen MR) is 123 cm³/mol. The Labute approximate surface area is 178 Å². The molecule has 0 heterocycles. The van der Waals surface area contributed by atoms with Gasteiger partial charge in [0.25, 0.3) is 5.91 Å². The Kier molecular flexibility index (Phi) is 7.41. The van der Waals surface area contributed by atoms with Gasteiger partial charge in [-0.15, -0.1) is 0 Å². The second-order valence-corrected chi connectivity index (χ2v) is 7.39. The van der Waals surface area contributed by atoms with Crippen molar-refractivity contribution in [2.75, 3.05) is 19.0 Å². The summed E-state index contributed by atoms with van der Waals surface area (Å²) in [7, 11) is 2.04. The van der Waals surface area contributed by atoms with Gasteiger partial charge in [0.1, 0.15) is 18.9 Å². The third kappa shape index (κ3) is 5.58. The van der Waals surface area contributed by atoms with E-state index >= 15 is 0 Å². The molecule has 0 aliphatic heterocycles. The zero-order valence-electron chi connectivity index (χ0n) is 17.6. The van der Waals surface area contributed by atoms with Crippen LogP contribution in [-0.4, -0.2) is 25.6 Å². The molecule has 1 amide bonds. The second-order valence-electron chi connectivity index (χ2n) is 7.39. The van der Waals surface area contributed by atoms with Gasteiger partial charge in [0.15, 0.2) is 6.04 Å². The van der Waals surface area contributed by atoms with Crippen LogP contribution in [0.2, 0.25) is 0 Å². The van der Waals surface area contributed by atoms with Crippen molar-refractivity contribution in [1.29, 1.82) is 0 Å². The van der Waals surface area contributed by atoms with Crippen molar-refractivity contribution in [2.45, 2.75) is 19.5 Å². The monoisotopic (exact) mass is 401 g/mol. The first kappa shape index (κ1) is 21.3. The topological polar surface area (TPSA) is 42.8 Å². The highest BCUT2D eigenvalue weighted by atomic mass is 16.5. The first-order valence-corrected chi connectivity index (χ1v) is 10.2. The maximum absolute atomic E-state index is 12.9. The Morgan fingerprint density at radius 1 is 1.03 bits per heavy atom. The summed E-state index contributed by atoms with van der Waals surface area (Å²) in [6.45, 7) is 6.85. The smallest absolute Gasteiger partial charge is 0.282 e. The van der Waals surface area contributed by atoms with E-state index in [1.54, 1.807) is 6.08 Å². The lowest BCUT2D eigenvalue weighted by molar-refractivity contribution is -0.907. The predicted octanol–water partition coefficient (Wildman–Crippen LogP) is 3.96. The summed E-state index contributed by atoms with van der Waals surface area (Å²) in [4.78, 5) is 14.1. The van der Waals surface area contributed by atoms with Crippen LogP contribution in [0.25, 0.3) is 11.1 Å². The summed E-state index contributed by atoms with van der Waals surface area (Å²) < 4.78 is 5.53. The minimum absolute atomic E-state index is 0.00168. The number of anilines is 1. The lowest BCUT2D eigenvalue weighted by Gasteiger charge is -2.22. The molecule has 0 saturated heterocycles. The number of hydrogen-bond acceptors (Lipinski definition) is 2. The van der Waals surface area contributed by atoms with Crippen LogP contribution >= 0.6 is 0 Å². The number of rotatable bonds is 9. The van der Waals surface area contributed by atoms with Crippen molar-refractivity contribution in [3.63, 3.8) is 0 Å². The fraction of sp³-hybridized carbons (Fsp3) is 0.192. The number of quaternary nitrogens is 1. The van der Waals surface area contributed by atoms with Gasteiger partial charge in [0, 0.05) is 16.8 Å². The maximum Gasteiger partial charge on any atom is 0.282 e. The summed E-state index contributed by atoms with van der Waals surface area (Å²) in [6, 6.07) is 25.8. The molecule has 30 heavy (non-hydrogen) atoms. The summed E-state index contributed by atoms with van der Waals surface area (Å²) in [5, 5.41) is 3.12. The first-order valence-electron chi connectivity index (χ1n) is 10.2. The number of para-hydroxylation sites is 1. The molecular weight excluding hydrogens is 372 g/mol. The third-order valence-electron chi connectivity index (χ3n) is 5.18. The number of carbonyl (C=O) groups excluding carboxylic acids is 1. The Bertz CT molecular complexity index is 968. The molecule has 0 radical (unpaired) electrons. The molecule has 0 fully saturated rings. The summed E-state index contributed by atoms with van der Waals surface area (Å²) in [5.41, 5.74) is 4.09. The molecule has 4 heteroatoms. The zero-order chi connectivity index (χ0) is 21.3. The minimum Gasteiger partial charge on any atom is -0.490 e. The van der Waals surface area contributed by atoms with Crippen molar-refractivity contribution < 1.29 is 14.4 Å². The van der Waals surface area contributed by atoms with Crippen LogP contribution in [0, 0.1) is 0 Å². The fourth-order valence-electron chi connectivity index (χ4n) is 3.26. The van der Waals surface area contributed by atoms with E-state index in [1.807, 2.05) is 92.8 Å². The van der Waals surface area contributed by atoms with Gasteiger partial charge < -0.3 is 15.0 Å². The molecule has 2 N–H and O–H groups in total. The van der Waals surface area contributed by atoms with E-state index in [2.05, 4.69) is 11.9 Å². The van der Waals surface area contributed by atoms with Crippen molar-refractivity contribution in [1.82, 2.24) is 0 Å². The molecule has 1 unspecified atom stereocenters. The van der Waals surface area contributed by atoms with Gasteiger partial charge in [-0.1, -0.05) is 61.2 Å². The van der Waals surface area contributed by atoms with E-state index in [0.29, 0.717) is 6.61 Å². The average Bonchev–Trinajstić information content (AvgIpc) is 2.79. The van der Waals surface area contributed by atoms with Crippen molar-refractivity contribution in [3.8, 4) is 16.9 Å². The van der Waals surface area contributed by atoms with E-state index in [9.17, 15) is 4.79 Å². The van der Waals surface area contributed by atoms with Gasteiger partial charge in [-0.05, 0) is 42.8 Å². The molecular formula is C26H29N2O2+. The Balaban J connectivity index is 1.64.